The number of thioether (sulfide) groups is 2. The van der Waals surface area contributed by atoms with Gasteiger partial charge in [0.2, 0.25) is 0 Å². The summed E-state index contributed by atoms with van der Waals surface area (Å²) in [5.41, 5.74) is 3.19. The Morgan fingerprint density at radius 2 is 2.23 bits per heavy atom. The second kappa shape index (κ2) is 9.42. The van der Waals surface area contributed by atoms with E-state index in [1.807, 2.05) is 6.07 Å². The molecule has 1 N–H and O–H groups in total. The minimum atomic E-state index is -0.395. The van der Waals surface area contributed by atoms with Gasteiger partial charge in [-0.05, 0) is 25.3 Å². The number of allylic oxidation sites excluding steroid dienone is 1. The molecule has 0 spiro atoms. The summed E-state index contributed by atoms with van der Waals surface area (Å²) in [5, 5.41) is 14.3. The van der Waals surface area contributed by atoms with Crippen molar-refractivity contribution in [3.63, 3.8) is 0 Å². The van der Waals surface area contributed by atoms with Crippen LogP contribution in [0.5, 0.6) is 0 Å². The van der Waals surface area contributed by atoms with E-state index in [1.54, 1.807) is 11.8 Å². The fourth-order valence-electron chi connectivity index (χ4n) is 3.87. The molecule has 0 unspecified atom stereocenters. The highest BCUT2D eigenvalue weighted by Gasteiger charge is 2.38. The number of fused-ring (bicyclic) bond motifs is 1. The highest BCUT2D eigenvalue weighted by molar-refractivity contribution is 8.04. The molecule has 5 nitrogen and oxygen atoms in total. The first-order valence-corrected chi connectivity index (χ1v) is 12.1. The lowest BCUT2D eigenvalue weighted by Crippen LogP contribution is -2.23. The molecule has 1 amide bonds. The van der Waals surface area contributed by atoms with Crippen LogP contribution in [0.25, 0.3) is 0 Å². The summed E-state index contributed by atoms with van der Waals surface area (Å²) in [6.07, 6.45) is 5.85. The molecule has 1 saturated carbocycles. The summed E-state index contributed by atoms with van der Waals surface area (Å²) in [6.45, 7) is 2.05. The number of carbonyl (C=O) groups is 1. The summed E-state index contributed by atoms with van der Waals surface area (Å²) in [4.78, 5) is 21.5. The van der Waals surface area contributed by atoms with Gasteiger partial charge in [-0.15, -0.1) is 11.8 Å². The maximum absolute atomic E-state index is 12.9. The molecule has 1 fully saturated rings. The van der Waals surface area contributed by atoms with Crippen LogP contribution in [0.3, 0.4) is 0 Å². The molecular weight excluding hydrogens is 436 g/mol. The van der Waals surface area contributed by atoms with Crippen LogP contribution < -0.4 is 5.32 Å². The Morgan fingerprint density at radius 1 is 1.40 bits per heavy atom. The monoisotopic (exact) mass is 456 g/mol. The molecule has 2 heterocycles. The van der Waals surface area contributed by atoms with Crippen molar-refractivity contribution in [3.8, 4) is 6.07 Å². The fraction of sp³-hybridized carbons (Fsp3) is 0.364. The van der Waals surface area contributed by atoms with Crippen molar-refractivity contribution >= 4 is 41.0 Å². The Hall–Kier alpha value is -2.01. The molecule has 2 aliphatic rings. The largest absolute Gasteiger partial charge is 0.314 e. The van der Waals surface area contributed by atoms with Crippen LogP contribution in [-0.2, 0) is 5.75 Å². The van der Waals surface area contributed by atoms with Gasteiger partial charge in [-0.25, -0.2) is 9.97 Å². The lowest BCUT2D eigenvalue weighted by molar-refractivity contribution is 0.0963. The van der Waals surface area contributed by atoms with E-state index >= 15 is 0 Å². The molecule has 154 valence electrons. The minimum Gasteiger partial charge on any atom is -0.314 e. The maximum atomic E-state index is 12.9. The molecule has 0 saturated heterocycles. The van der Waals surface area contributed by atoms with E-state index in [9.17, 15) is 10.1 Å². The number of rotatable bonds is 5. The van der Waals surface area contributed by atoms with Gasteiger partial charge in [0, 0.05) is 16.9 Å². The summed E-state index contributed by atoms with van der Waals surface area (Å²) in [5.74, 6) is 0.548. The Labute approximate surface area is 189 Å². The van der Waals surface area contributed by atoms with Crippen molar-refractivity contribution in [3.05, 3.63) is 62.9 Å². The standard InChI is InChI=1S/C22H21ClN4OS2/c1-13-5-4-6-14(9-13)12-29-22-25-11-17(23)19(26-22)20(28)27-21-16(10-24)15-7-2-3-8-18(15)30-21/h4-6,9,11,15,18H,2-3,7-8,12H2,1H3,(H,27,28)/t15-,18+/m0/s1. The SMILES string of the molecule is Cc1cccc(CSc2ncc(Cl)c(C(=O)NC3=C(C#N)[C@@H]4CCCC[C@H]4S3)n2)c1. The average Bonchev–Trinajstić information content (AvgIpc) is 3.10. The maximum Gasteiger partial charge on any atom is 0.276 e. The number of hydrogen-bond donors (Lipinski definition) is 1. The zero-order valence-electron chi connectivity index (χ0n) is 16.5. The van der Waals surface area contributed by atoms with Gasteiger partial charge in [-0.1, -0.05) is 66.0 Å². The quantitative estimate of drug-likeness (QED) is 0.472. The molecular formula is C22H21ClN4OS2. The lowest BCUT2D eigenvalue weighted by atomic mass is 9.84. The number of carbonyl (C=O) groups excluding carboxylic acids is 1. The van der Waals surface area contributed by atoms with Crippen LogP contribution in [-0.4, -0.2) is 21.1 Å². The number of benzene rings is 1. The van der Waals surface area contributed by atoms with Crippen LogP contribution >= 0.6 is 35.1 Å². The molecule has 0 radical (unpaired) electrons. The van der Waals surface area contributed by atoms with Crippen LogP contribution in [0.1, 0.15) is 47.3 Å². The lowest BCUT2D eigenvalue weighted by Gasteiger charge is -2.24. The summed E-state index contributed by atoms with van der Waals surface area (Å²) < 4.78 is 0. The topological polar surface area (TPSA) is 78.7 Å². The van der Waals surface area contributed by atoms with E-state index in [4.69, 9.17) is 11.6 Å². The predicted octanol–water partition coefficient (Wildman–Crippen LogP) is 5.50. The predicted molar refractivity (Wildman–Crippen MR) is 121 cm³/mol. The Kier molecular flexibility index (Phi) is 6.67. The van der Waals surface area contributed by atoms with Gasteiger partial charge in [-0.3, -0.25) is 4.79 Å². The highest BCUT2D eigenvalue weighted by Crippen LogP contribution is 2.47. The summed E-state index contributed by atoms with van der Waals surface area (Å²) in [7, 11) is 0. The minimum absolute atomic E-state index is 0.138. The van der Waals surface area contributed by atoms with Crippen LogP contribution in [0.2, 0.25) is 5.02 Å². The van der Waals surface area contributed by atoms with Crippen LogP contribution in [0, 0.1) is 24.2 Å². The number of amides is 1. The van der Waals surface area contributed by atoms with Gasteiger partial charge in [0.15, 0.2) is 10.9 Å². The molecule has 1 aliphatic carbocycles. The molecule has 1 aromatic heterocycles. The van der Waals surface area contributed by atoms with Gasteiger partial charge in [-0.2, -0.15) is 5.26 Å². The number of nitrogens with zero attached hydrogens (tertiary/aromatic N) is 3. The normalized spacial score (nSPS) is 20.6. The number of nitrogens with one attached hydrogen (secondary N) is 1. The average molecular weight is 457 g/mol. The summed E-state index contributed by atoms with van der Waals surface area (Å²) in [6, 6.07) is 10.5. The molecule has 8 heteroatoms. The van der Waals surface area contributed by atoms with E-state index in [2.05, 4.69) is 46.5 Å². The van der Waals surface area contributed by atoms with E-state index in [0.29, 0.717) is 26.8 Å². The molecule has 1 aliphatic heterocycles. The molecule has 0 bridgehead atoms. The zero-order chi connectivity index (χ0) is 21.1. The Morgan fingerprint density at radius 3 is 3.03 bits per heavy atom. The van der Waals surface area contributed by atoms with Crippen molar-refractivity contribution in [2.45, 2.75) is 48.8 Å². The highest BCUT2D eigenvalue weighted by atomic mass is 35.5. The molecule has 2 atom stereocenters. The first kappa shape index (κ1) is 21.2. The molecule has 30 heavy (non-hydrogen) atoms. The number of aryl methyl sites for hydroxylation is 1. The van der Waals surface area contributed by atoms with Crippen LogP contribution in [0.4, 0.5) is 0 Å². The van der Waals surface area contributed by atoms with Gasteiger partial charge in [0.05, 0.1) is 27.9 Å². The molecule has 2 aromatic rings. The van der Waals surface area contributed by atoms with E-state index in [-0.39, 0.29) is 16.6 Å². The van der Waals surface area contributed by atoms with Gasteiger partial charge in [0.1, 0.15) is 0 Å². The number of halogens is 1. The molecule has 1 aromatic carbocycles. The van der Waals surface area contributed by atoms with Crippen LogP contribution in [0.15, 0.2) is 46.2 Å². The number of nitriles is 1. The zero-order valence-corrected chi connectivity index (χ0v) is 18.9. The Balaban J connectivity index is 1.48. The second-order valence-corrected chi connectivity index (χ2v) is 10.1. The fourth-order valence-corrected chi connectivity index (χ4v) is 6.31. The van der Waals surface area contributed by atoms with Crippen molar-refractivity contribution in [2.75, 3.05) is 0 Å². The van der Waals surface area contributed by atoms with Gasteiger partial charge < -0.3 is 5.32 Å². The van der Waals surface area contributed by atoms with E-state index < -0.39 is 5.91 Å². The van der Waals surface area contributed by atoms with Crippen molar-refractivity contribution in [1.82, 2.24) is 15.3 Å². The number of aromatic nitrogens is 2. The Bertz CT molecular complexity index is 1050. The third kappa shape index (κ3) is 4.66. The smallest absolute Gasteiger partial charge is 0.276 e. The van der Waals surface area contributed by atoms with Crippen molar-refractivity contribution in [1.29, 1.82) is 5.26 Å². The molecule has 4 rings (SSSR count). The van der Waals surface area contributed by atoms with E-state index in [0.717, 1.165) is 19.3 Å². The van der Waals surface area contributed by atoms with E-state index in [1.165, 1.54) is 35.5 Å². The van der Waals surface area contributed by atoms with Crippen molar-refractivity contribution in [2.24, 2.45) is 5.92 Å². The first-order valence-electron chi connectivity index (χ1n) is 9.88. The second-order valence-electron chi connectivity index (χ2n) is 7.48. The third-order valence-electron chi connectivity index (χ3n) is 5.32. The van der Waals surface area contributed by atoms with Crippen molar-refractivity contribution < 1.29 is 4.79 Å². The number of hydrogen-bond acceptors (Lipinski definition) is 6. The van der Waals surface area contributed by atoms with Gasteiger partial charge in [0.25, 0.3) is 5.91 Å². The first-order chi connectivity index (χ1) is 14.5. The third-order valence-corrected chi connectivity index (χ3v) is 7.96. The summed E-state index contributed by atoms with van der Waals surface area (Å²) >= 11 is 9.28. The van der Waals surface area contributed by atoms with Gasteiger partial charge >= 0.3 is 0 Å².